The second-order valence-electron chi connectivity index (χ2n) is 6.08. The zero-order valence-corrected chi connectivity index (χ0v) is 14.9. The number of benzene rings is 1. The van der Waals surface area contributed by atoms with Crippen molar-refractivity contribution in [1.82, 2.24) is 15.1 Å². The fourth-order valence-corrected chi connectivity index (χ4v) is 3.68. The van der Waals surface area contributed by atoms with Crippen molar-refractivity contribution in [1.29, 1.82) is 0 Å². The molecule has 4 N–H and O–H groups in total. The lowest BCUT2D eigenvalue weighted by atomic mass is 10.1. The van der Waals surface area contributed by atoms with Crippen molar-refractivity contribution in [2.45, 2.75) is 26.2 Å². The number of carbonyl (C=O) groups is 1. The van der Waals surface area contributed by atoms with Gasteiger partial charge in [0.15, 0.2) is 0 Å². The van der Waals surface area contributed by atoms with Crippen LogP contribution in [0.4, 0.5) is 0 Å². The second kappa shape index (κ2) is 7.15. The van der Waals surface area contributed by atoms with Crippen LogP contribution in [0.1, 0.15) is 41.6 Å². The van der Waals surface area contributed by atoms with Gasteiger partial charge in [0, 0.05) is 18.4 Å². The first kappa shape index (κ1) is 16.7. The Labute approximate surface area is 145 Å². The van der Waals surface area contributed by atoms with Gasteiger partial charge in [-0.1, -0.05) is 32.0 Å². The molecule has 0 bridgehead atoms. The number of para-hydroxylation sites is 1. The lowest BCUT2D eigenvalue weighted by Gasteiger charge is -2.03. The Balaban J connectivity index is 2.02. The van der Waals surface area contributed by atoms with Crippen molar-refractivity contribution in [2.75, 3.05) is 13.1 Å². The summed E-state index contributed by atoms with van der Waals surface area (Å²) in [5, 5.41) is 8.81. The molecule has 2 heterocycles. The summed E-state index contributed by atoms with van der Waals surface area (Å²) in [6.07, 6.45) is 0.895. The maximum Gasteiger partial charge on any atom is 0.261 e. The molecule has 0 unspecified atom stereocenters. The molecule has 5 nitrogen and oxygen atoms in total. The number of rotatable bonds is 6. The zero-order chi connectivity index (χ0) is 17.1. The van der Waals surface area contributed by atoms with Crippen LogP contribution in [0.5, 0.6) is 0 Å². The van der Waals surface area contributed by atoms with Gasteiger partial charge in [-0.2, -0.15) is 5.10 Å². The number of aromatic nitrogens is 2. The van der Waals surface area contributed by atoms with E-state index in [1.54, 1.807) is 0 Å². The van der Waals surface area contributed by atoms with Crippen molar-refractivity contribution < 1.29 is 10.5 Å². The zero-order valence-electron chi connectivity index (χ0n) is 14.1. The van der Waals surface area contributed by atoms with Gasteiger partial charge in [-0.25, -0.2) is 4.68 Å². The fraction of sp³-hybridized carbons (Fsp3) is 0.333. The number of carbonyl (C=O) groups excluding carboxylic acids is 1. The van der Waals surface area contributed by atoms with Gasteiger partial charge in [0.2, 0.25) is 0 Å². The summed E-state index contributed by atoms with van der Waals surface area (Å²) in [7, 11) is 0. The molecule has 0 spiro atoms. The van der Waals surface area contributed by atoms with E-state index in [1.807, 2.05) is 41.1 Å². The van der Waals surface area contributed by atoms with Gasteiger partial charge in [-0.3, -0.25) is 4.79 Å². The molecule has 6 heteroatoms. The molecule has 0 radical (unpaired) electrons. The van der Waals surface area contributed by atoms with Crippen molar-refractivity contribution in [3.05, 3.63) is 47.0 Å². The quantitative estimate of drug-likeness (QED) is 0.675. The number of hydrogen-bond acceptors (Lipinski definition) is 3. The Hall–Kier alpha value is -2.18. The minimum Gasteiger partial charge on any atom is -0.358 e. The molecule has 0 aliphatic rings. The molecule has 126 valence electrons. The molecule has 0 atom stereocenters. The monoisotopic (exact) mass is 343 g/mol. The minimum atomic E-state index is -0.0148. The average molecular weight is 343 g/mol. The maximum atomic E-state index is 12.4. The van der Waals surface area contributed by atoms with Gasteiger partial charge in [-0.05, 0) is 24.1 Å². The van der Waals surface area contributed by atoms with E-state index >= 15 is 0 Å². The van der Waals surface area contributed by atoms with Crippen LogP contribution < -0.4 is 11.1 Å². The highest BCUT2D eigenvalue weighted by molar-refractivity contribution is 7.20. The summed E-state index contributed by atoms with van der Waals surface area (Å²) >= 11 is 1.50. The minimum absolute atomic E-state index is 0.0148. The number of amides is 1. The van der Waals surface area contributed by atoms with E-state index in [1.165, 1.54) is 11.3 Å². The maximum absolute atomic E-state index is 12.4. The van der Waals surface area contributed by atoms with E-state index < -0.39 is 0 Å². The summed E-state index contributed by atoms with van der Waals surface area (Å²) in [6.45, 7) is 5.75. The first-order chi connectivity index (χ1) is 11.6. The SMILES string of the molecule is CC(C)c1nn(-c2ccccc2)c2sc(C(=O)NCCC[NH3+])cc12. The van der Waals surface area contributed by atoms with Crippen LogP contribution in [-0.2, 0) is 0 Å². The highest BCUT2D eigenvalue weighted by Gasteiger charge is 2.20. The van der Waals surface area contributed by atoms with E-state index in [0.29, 0.717) is 12.5 Å². The molecule has 0 aliphatic heterocycles. The topological polar surface area (TPSA) is 74.6 Å². The molecule has 2 aromatic heterocycles. The third kappa shape index (κ3) is 3.20. The summed E-state index contributed by atoms with van der Waals surface area (Å²) in [5.74, 6) is 0.285. The molecule has 3 rings (SSSR count). The smallest absolute Gasteiger partial charge is 0.261 e. The van der Waals surface area contributed by atoms with Gasteiger partial charge in [0.25, 0.3) is 5.91 Å². The van der Waals surface area contributed by atoms with Crippen LogP contribution >= 0.6 is 11.3 Å². The highest BCUT2D eigenvalue weighted by atomic mass is 32.1. The van der Waals surface area contributed by atoms with Crippen LogP contribution in [-0.4, -0.2) is 28.8 Å². The van der Waals surface area contributed by atoms with Crippen LogP contribution in [0.3, 0.4) is 0 Å². The molecule has 0 saturated carbocycles. The standard InChI is InChI=1S/C18H22N4OS/c1-12(2)16-14-11-15(17(23)20-10-6-9-19)24-18(14)22(21-16)13-7-4-3-5-8-13/h3-5,7-8,11-12H,6,9-10,19H2,1-2H3,(H,20,23)/p+1. The molecule has 0 fully saturated rings. The number of fused-ring (bicyclic) bond motifs is 1. The summed E-state index contributed by atoms with van der Waals surface area (Å²) in [6, 6.07) is 12.0. The highest BCUT2D eigenvalue weighted by Crippen LogP contribution is 2.33. The van der Waals surface area contributed by atoms with Crippen molar-refractivity contribution >= 4 is 27.5 Å². The molecule has 24 heavy (non-hydrogen) atoms. The fourth-order valence-electron chi connectivity index (χ4n) is 2.63. The Morgan fingerprint density at radius 3 is 2.75 bits per heavy atom. The molecular weight excluding hydrogens is 320 g/mol. The molecule has 1 amide bonds. The lowest BCUT2D eigenvalue weighted by molar-refractivity contribution is -0.367. The Bertz CT molecular complexity index is 835. The molecule has 0 aliphatic carbocycles. The van der Waals surface area contributed by atoms with Crippen LogP contribution in [0.25, 0.3) is 15.9 Å². The van der Waals surface area contributed by atoms with E-state index in [4.69, 9.17) is 5.10 Å². The Kier molecular flexibility index (Phi) is 4.97. The van der Waals surface area contributed by atoms with Gasteiger partial charge in [0.05, 0.1) is 22.8 Å². The number of hydrogen-bond donors (Lipinski definition) is 2. The van der Waals surface area contributed by atoms with Crippen molar-refractivity contribution in [3.63, 3.8) is 0 Å². The first-order valence-corrected chi connectivity index (χ1v) is 9.08. The summed E-state index contributed by atoms with van der Waals surface area (Å²) in [4.78, 5) is 14.1. The average Bonchev–Trinajstić information content (AvgIpc) is 3.14. The van der Waals surface area contributed by atoms with Crippen molar-refractivity contribution in [3.8, 4) is 5.69 Å². The van der Waals surface area contributed by atoms with Gasteiger partial charge in [0.1, 0.15) is 4.83 Å². The predicted molar refractivity (Wildman–Crippen MR) is 97.7 cm³/mol. The van der Waals surface area contributed by atoms with Crippen LogP contribution in [0, 0.1) is 0 Å². The van der Waals surface area contributed by atoms with E-state index in [9.17, 15) is 4.79 Å². The van der Waals surface area contributed by atoms with Crippen molar-refractivity contribution in [2.24, 2.45) is 0 Å². The summed E-state index contributed by atoms with van der Waals surface area (Å²) < 4.78 is 1.95. The largest absolute Gasteiger partial charge is 0.358 e. The summed E-state index contributed by atoms with van der Waals surface area (Å²) in [5.41, 5.74) is 5.84. The van der Waals surface area contributed by atoms with E-state index in [0.717, 1.165) is 39.4 Å². The van der Waals surface area contributed by atoms with E-state index in [-0.39, 0.29) is 5.91 Å². The van der Waals surface area contributed by atoms with Gasteiger partial charge < -0.3 is 11.1 Å². The number of nitrogens with zero attached hydrogens (tertiary/aromatic N) is 2. The predicted octanol–water partition coefficient (Wildman–Crippen LogP) is 2.57. The third-order valence-corrected chi connectivity index (χ3v) is 4.98. The number of quaternary nitrogens is 1. The Morgan fingerprint density at radius 2 is 2.08 bits per heavy atom. The van der Waals surface area contributed by atoms with Gasteiger partial charge in [-0.15, -0.1) is 11.3 Å². The lowest BCUT2D eigenvalue weighted by Crippen LogP contribution is -2.51. The number of nitrogens with one attached hydrogen (secondary N) is 1. The van der Waals surface area contributed by atoms with E-state index in [2.05, 4.69) is 24.9 Å². The Morgan fingerprint density at radius 1 is 1.33 bits per heavy atom. The number of thiophene rings is 1. The first-order valence-electron chi connectivity index (χ1n) is 8.27. The molecule has 0 saturated heterocycles. The molecular formula is C18H23N4OS+. The molecule has 3 aromatic rings. The van der Waals surface area contributed by atoms with Crippen LogP contribution in [0.15, 0.2) is 36.4 Å². The van der Waals surface area contributed by atoms with Gasteiger partial charge >= 0.3 is 0 Å². The molecule has 1 aromatic carbocycles. The third-order valence-electron chi connectivity index (χ3n) is 3.87. The van der Waals surface area contributed by atoms with Crippen LogP contribution in [0.2, 0.25) is 0 Å². The normalized spacial score (nSPS) is 11.3. The second-order valence-corrected chi connectivity index (χ2v) is 7.11.